The van der Waals surface area contributed by atoms with Crippen molar-refractivity contribution in [1.82, 2.24) is 0 Å². The molecular weight excluding hydrogens is 356 g/mol. The Hall–Kier alpha value is -2.82. The highest BCUT2D eigenvalue weighted by Crippen LogP contribution is 2.28. The van der Waals surface area contributed by atoms with Crippen LogP contribution in [0.4, 0.5) is 0 Å². The third-order valence-electron chi connectivity index (χ3n) is 4.38. The number of methoxy groups -OCH3 is 1. The first-order chi connectivity index (χ1) is 13.7. The Balaban J connectivity index is 1.84. The molecule has 5 heteroatoms. The van der Waals surface area contributed by atoms with E-state index < -0.39 is 5.97 Å². The van der Waals surface area contributed by atoms with E-state index in [0.717, 1.165) is 12.2 Å². The zero-order valence-electron chi connectivity index (χ0n) is 16.6. The van der Waals surface area contributed by atoms with Gasteiger partial charge < -0.3 is 14.2 Å². The number of hydrogen-bond acceptors (Lipinski definition) is 5. The van der Waals surface area contributed by atoms with Crippen LogP contribution in [0.3, 0.4) is 0 Å². The van der Waals surface area contributed by atoms with Crippen LogP contribution in [-0.2, 0) is 0 Å². The van der Waals surface area contributed by atoms with Crippen molar-refractivity contribution in [2.75, 3.05) is 13.7 Å². The molecule has 2 rings (SSSR count). The zero-order valence-corrected chi connectivity index (χ0v) is 16.6. The SMILES string of the molecule is CCCCCCCCOc1ccc(C(=O)Oc2ccc(C=O)cc2OC)cc1. The van der Waals surface area contributed by atoms with Crippen LogP contribution in [0.1, 0.15) is 66.2 Å². The minimum Gasteiger partial charge on any atom is -0.494 e. The van der Waals surface area contributed by atoms with E-state index in [9.17, 15) is 9.59 Å². The van der Waals surface area contributed by atoms with Crippen molar-refractivity contribution >= 4 is 12.3 Å². The second-order valence-corrected chi connectivity index (χ2v) is 6.56. The van der Waals surface area contributed by atoms with Gasteiger partial charge in [-0.1, -0.05) is 39.0 Å². The molecule has 0 unspecified atom stereocenters. The molecule has 0 aliphatic heterocycles. The number of benzene rings is 2. The van der Waals surface area contributed by atoms with E-state index in [-0.39, 0.29) is 5.75 Å². The summed E-state index contributed by atoms with van der Waals surface area (Å²) < 4.78 is 16.3. The van der Waals surface area contributed by atoms with Crippen molar-refractivity contribution < 1.29 is 23.8 Å². The van der Waals surface area contributed by atoms with Crippen LogP contribution in [0.5, 0.6) is 17.2 Å². The molecule has 0 spiro atoms. The Morgan fingerprint density at radius 2 is 1.64 bits per heavy atom. The van der Waals surface area contributed by atoms with Gasteiger partial charge >= 0.3 is 5.97 Å². The predicted octanol–water partition coefficient (Wildman–Crippen LogP) is 5.47. The van der Waals surface area contributed by atoms with Crippen LogP contribution in [0.15, 0.2) is 42.5 Å². The molecule has 28 heavy (non-hydrogen) atoms. The molecule has 150 valence electrons. The van der Waals surface area contributed by atoms with Gasteiger partial charge in [0.05, 0.1) is 19.3 Å². The molecular formula is C23H28O5. The number of hydrogen-bond donors (Lipinski definition) is 0. The monoisotopic (exact) mass is 384 g/mol. The Kier molecular flexibility index (Phi) is 9.05. The average molecular weight is 384 g/mol. The maximum Gasteiger partial charge on any atom is 0.343 e. The fourth-order valence-electron chi connectivity index (χ4n) is 2.76. The van der Waals surface area contributed by atoms with Gasteiger partial charge in [0.25, 0.3) is 0 Å². The fraction of sp³-hybridized carbons (Fsp3) is 0.391. The van der Waals surface area contributed by atoms with Crippen LogP contribution in [-0.4, -0.2) is 26.0 Å². The standard InChI is InChI=1S/C23H28O5/c1-3-4-5-6-7-8-15-27-20-12-10-19(11-13-20)23(25)28-21-14-9-18(17-24)16-22(21)26-2/h9-14,16-17H,3-8,15H2,1-2H3. The van der Waals surface area contributed by atoms with E-state index in [4.69, 9.17) is 14.2 Å². The largest absolute Gasteiger partial charge is 0.494 e. The van der Waals surface area contributed by atoms with Crippen molar-refractivity contribution in [1.29, 1.82) is 0 Å². The molecule has 0 aliphatic rings. The highest BCUT2D eigenvalue weighted by Gasteiger charge is 2.13. The summed E-state index contributed by atoms with van der Waals surface area (Å²) in [6, 6.07) is 11.5. The summed E-state index contributed by atoms with van der Waals surface area (Å²) in [6.45, 7) is 2.89. The summed E-state index contributed by atoms with van der Waals surface area (Å²) in [5, 5.41) is 0. The number of rotatable bonds is 12. The molecule has 0 radical (unpaired) electrons. The van der Waals surface area contributed by atoms with Gasteiger partial charge in [0.1, 0.15) is 12.0 Å². The first-order valence-electron chi connectivity index (χ1n) is 9.76. The molecule has 2 aromatic rings. The van der Waals surface area contributed by atoms with Crippen molar-refractivity contribution in [3.05, 3.63) is 53.6 Å². The van der Waals surface area contributed by atoms with Crippen LogP contribution in [0, 0.1) is 0 Å². The molecule has 0 aliphatic carbocycles. The number of esters is 1. The first kappa shape index (κ1) is 21.5. The number of aldehydes is 1. The summed E-state index contributed by atoms with van der Waals surface area (Å²) in [6.07, 6.45) is 8.00. The van der Waals surface area contributed by atoms with Crippen molar-refractivity contribution in [2.45, 2.75) is 45.4 Å². The molecule has 0 fully saturated rings. The van der Waals surface area contributed by atoms with E-state index in [0.29, 0.717) is 29.8 Å². The quantitative estimate of drug-likeness (QED) is 0.210. The Bertz CT molecular complexity index is 752. The second kappa shape index (κ2) is 11.8. The smallest absolute Gasteiger partial charge is 0.343 e. The Morgan fingerprint density at radius 3 is 2.32 bits per heavy atom. The molecule has 0 atom stereocenters. The first-order valence-corrected chi connectivity index (χ1v) is 9.76. The second-order valence-electron chi connectivity index (χ2n) is 6.56. The van der Waals surface area contributed by atoms with Gasteiger partial charge in [0.15, 0.2) is 11.5 Å². The van der Waals surface area contributed by atoms with Gasteiger partial charge in [-0.15, -0.1) is 0 Å². The zero-order chi connectivity index (χ0) is 20.2. The van der Waals surface area contributed by atoms with Gasteiger partial charge in [-0.3, -0.25) is 4.79 Å². The van der Waals surface area contributed by atoms with Gasteiger partial charge in [0, 0.05) is 5.56 Å². The number of ether oxygens (including phenoxy) is 3. The van der Waals surface area contributed by atoms with E-state index in [2.05, 4.69) is 6.92 Å². The Morgan fingerprint density at radius 1 is 0.929 bits per heavy atom. The van der Waals surface area contributed by atoms with Crippen molar-refractivity contribution in [2.24, 2.45) is 0 Å². The molecule has 0 bridgehead atoms. The lowest BCUT2D eigenvalue weighted by Crippen LogP contribution is -2.09. The van der Waals surface area contributed by atoms with Crippen LogP contribution in [0.25, 0.3) is 0 Å². The van der Waals surface area contributed by atoms with Crippen molar-refractivity contribution in [3.8, 4) is 17.2 Å². The molecule has 0 saturated heterocycles. The summed E-state index contributed by atoms with van der Waals surface area (Å²) >= 11 is 0. The van der Waals surface area contributed by atoms with Crippen LogP contribution < -0.4 is 14.2 Å². The fourth-order valence-corrected chi connectivity index (χ4v) is 2.76. The maximum atomic E-state index is 12.3. The van der Waals surface area contributed by atoms with Gasteiger partial charge in [-0.05, 0) is 48.9 Å². The molecule has 2 aromatic carbocycles. The van der Waals surface area contributed by atoms with E-state index in [1.165, 1.54) is 45.3 Å². The third-order valence-corrected chi connectivity index (χ3v) is 4.38. The maximum absolute atomic E-state index is 12.3. The molecule has 0 heterocycles. The van der Waals surface area contributed by atoms with E-state index in [1.807, 2.05) is 0 Å². The summed E-state index contributed by atoms with van der Waals surface area (Å²) in [5.41, 5.74) is 0.858. The summed E-state index contributed by atoms with van der Waals surface area (Å²) in [5.74, 6) is 0.830. The Labute approximate surface area is 166 Å². The minimum atomic E-state index is -0.500. The van der Waals surface area contributed by atoms with Gasteiger partial charge in [-0.2, -0.15) is 0 Å². The van der Waals surface area contributed by atoms with Gasteiger partial charge in [-0.25, -0.2) is 4.79 Å². The van der Waals surface area contributed by atoms with E-state index in [1.54, 1.807) is 36.4 Å². The highest BCUT2D eigenvalue weighted by molar-refractivity contribution is 5.91. The highest BCUT2D eigenvalue weighted by atomic mass is 16.6. The molecule has 0 amide bonds. The third kappa shape index (κ3) is 6.72. The molecule has 5 nitrogen and oxygen atoms in total. The lowest BCUT2D eigenvalue weighted by Gasteiger charge is -2.10. The van der Waals surface area contributed by atoms with Crippen LogP contribution in [0.2, 0.25) is 0 Å². The molecule has 0 N–H and O–H groups in total. The molecule has 0 saturated carbocycles. The normalized spacial score (nSPS) is 10.4. The number of carbonyl (C=O) groups excluding carboxylic acids is 2. The van der Waals surface area contributed by atoms with Gasteiger partial charge in [0.2, 0.25) is 0 Å². The van der Waals surface area contributed by atoms with Crippen LogP contribution >= 0.6 is 0 Å². The summed E-state index contributed by atoms with van der Waals surface area (Å²) in [7, 11) is 1.46. The minimum absolute atomic E-state index is 0.265. The topological polar surface area (TPSA) is 61.8 Å². The lowest BCUT2D eigenvalue weighted by molar-refractivity contribution is 0.0729. The number of carbonyl (C=O) groups is 2. The molecule has 0 aromatic heterocycles. The van der Waals surface area contributed by atoms with Crippen molar-refractivity contribution in [3.63, 3.8) is 0 Å². The van der Waals surface area contributed by atoms with E-state index >= 15 is 0 Å². The average Bonchev–Trinajstić information content (AvgIpc) is 2.73. The lowest BCUT2D eigenvalue weighted by atomic mass is 10.1. The number of unbranched alkanes of at least 4 members (excludes halogenated alkanes) is 5. The predicted molar refractivity (Wildman–Crippen MR) is 109 cm³/mol. The summed E-state index contributed by atoms with van der Waals surface area (Å²) in [4.78, 5) is 23.2.